The van der Waals surface area contributed by atoms with Crippen molar-refractivity contribution < 1.29 is 4.79 Å². The van der Waals surface area contributed by atoms with E-state index < -0.39 is 0 Å². The maximum atomic E-state index is 12.5. The molecule has 0 saturated carbocycles. The van der Waals surface area contributed by atoms with Crippen LogP contribution in [0.4, 0.5) is 4.79 Å². The fourth-order valence-corrected chi connectivity index (χ4v) is 2.73. The van der Waals surface area contributed by atoms with Crippen LogP contribution in [0.25, 0.3) is 0 Å². The fraction of sp³-hybridized carbons (Fsp3) is 0.278. The van der Waals surface area contributed by atoms with Crippen molar-refractivity contribution in [3.05, 3.63) is 71.8 Å². The monoisotopic (exact) mass is 295 g/mol. The van der Waals surface area contributed by atoms with Crippen molar-refractivity contribution in [2.45, 2.75) is 6.04 Å². The van der Waals surface area contributed by atoms with E-state index in [2.05, 4.69) is 34.9 Å². The Labute approximate surface area is 131 Å². The summed E-state index contributed by atoms with van der Waals surface area (Å²) in [5.74, 6) is 0. The number of benzene rings is 2. The summed E-state index contributed by atoms with van der Waals surface area (Å²) in [6, 6.07) is 20.1. The Morgan fingerprint density at radius 1 is 0.909 bits per heavy atom. The highest BCUT2D eigenvalue weighted by Crippen LogP contribution is 2.22. The molecule has 0 atom stereocenters. The molecule has 0 aromatic heterocycles. The lowest BCUT2D eigenvalue weighted by atomic mass is 9.99. The van der Waals surface area contributed by atoms with Crippen LogP contribution in [0.5, 0.6) is 0 Å². The number of rotatable bonds is 3. The van der Waals surface area contributed by atoms with E-state index in [0.717, 1.165) is 37.3 Å². The Kier molecular flexibility index (Phi) is 4.71. The number of carbonyl (C=O) groups is 1. The quantitative estimate of drug-likeness (QED) is 0.913. The van der Waals surface area contributed by atoms with Gasteiger partial charge in [-0.25, -0.2) is 4.79 Å². The van der Waals surface area contributed by atoms with E-state index in [9.17, 15) is 4.79 Å². The molecule has 1 heterocycles. The number of amides is 2. The van der Waals surface area contributed by atoms with Gasteiger partial charge in [0.2, 0.25) is 0 Å². The Hall–Kier alpha value is -2.33. The van der Waals surface area contributed by atoms with Crippen molar-refractivity contribution in [1.29, 1.82) is 0 Å². The highest BCUT2D eigenvalue weighted by molar-refractivity contribution is 5.75. The average Bonchev–Trinajstić information content (AvgIpc) is 2.62. The molecular formula is C18H21N3O. The third-order valence-electron chi connectivity index (χ3n) is 3.94. The van der Waals surface area contributed by atoms with Crippen molar-refractivity contribution in [2.75, 3.05) is 26.2 Å². The predicted octanol–water partition coefficient (Wildman–Crippen LogP) is 2.39. The van der Waals surface area contributed by atoms with Crippen LogP contribution in [-0.4, -0.2) is 37.1 Å². The highest BCUT2D eigenvalue weighted by Gasteiger charge is 2.21. The van der Waals surface area contributed by atoms with Gasteiger partial charge in [-0.15, -0.1) is 0 Å². The number of nitrogens with zero attached hydrogens (tertiary/aromatic N) is 1. The lowest BCUT2D eigenvalue weighted by Gasteiger charge is -2.30. The van der Waals surface area contributed by atoms with Gasteiger partial charge in [0.25, 0.3) is 0 Å². The number of carbonyl (C=O) groups excluding carboxylic acids is 1. The predicted molar refractivity (Wildman–Crippen MR) is 87.7 cm³/mol. The standard InChI is InChI=1S/C18H21N3O/c22-18(21-13-11-19-12-14-21)20-17(15-7-3-1-4-8-15)16-9-5-2-6-10-16/h1-10,17,19H,11-14H2,(H,20,22). The van der Waals surface area contributed by atoms with Gasteiger partial charge in [-0.3, -0.25) is 0 Å². The molecule has 1 fully saturated rings. The first-order valence-electron chi connectivity index (χ1n) is 7.70. The summed E-state index contributed by atoms with van der Waals surface area (Å²) < 4.78 is 0. The summed E-state index contributed by atoms with van der Waals surface area (Å²) in [7, 11) is 0. The third-order valence-corrected chi connectivity index (χ3v) is 3.94. The number of piperazine rings is 1. The topological polar surface area (TPSA) is 44.4 Å². The molecule has 2 aromatic carbocycles. The summed E-state index contributed by atoms with van der Waals surface area (Å²) >= 11 is 0. The zero-order chi connectivity index (χ0) is 15.2. The molecule has 2 amide bonds. The average molecular weight is 295 g/mol. The van der Waals surface area contributed by atoms with Crippen molar-refractivity contribution >= 4 is 6.03 Å². The smallest absolute Gasteiger partial charge is 0.318 e. The molecule has 22 heavy (non-hydrogen) atoms. The summed E-state index contributed by atoms with van der Waals surface area (Å²) in [6.45, 7) is 3.22. The Balaban J connectivity index is 1.81. The number of hydrogen-bond acceptors (Lipinski definition) is 2. The molecule has 1 aliphatic rings. The van der Waals surface area contributed by atoms with Gasteiger partial charge in [0.15, 0.2) is 0 Å². The van der Waals surface area contributed by atoms with E-state index >= 15 is 0 Å². The summed E-state index contributed by atoms with van der Waals surface area (Å²) in [6.07, 6.45) is 0. The molecular weight excluding hydrogens is 274 g/mol. The summed E-state index contributed by atoms with van der Waals surface area (Å²) in [5, 5.41) is 6.44. The minimum Gasteiger partial charge on any atom is -0.327 e. The van der Waals surface area contributed by atoms with E-state index in [0.29, 0.717) is 0 Å². The van der Waals surface area contributed by atoms with Crippen molar-refractivity contribution in [3.8, 4) is 0 Å². The third kappa shape index (κ3) is 3.46. The molecule has 1 aliphatic heterocycles. The van der Waals surface area contributed by atoms with E-state index in [1.807, 2.05) is 41.3 Å². The first kappa shape index (κ1) is 14.6. The summed E-state index contributed by atoms with van der Waals surface area (Å²) in [5.41, 5.74) is 2.19. The van der Waals surface area contributed by atoms with Crippen molar-refractivity contribution in [2.24, 2.45) is 0 Å². The molecule has 0 spiro atoms. The first-order valence-corrected chi connectivity index (χ1v) is 7.70. The molecule has 2 aromatic rings. The molecule has 1 saturated heterocycles. The van der Waals surface area contributed by atoms with Gasteiger partial charge in [0.05, 0.1) is 6.04 Å². The van der Waals surface area contributed by atoms with E-state index in [1.165, 1.54) is 0 Å². The van der Waals surface area contributed by atoms with Gasteiger partial charge in [0.1, 0.15) is 0 Å². The van der Waals surface area contributed by atoms with E-state index in [4.69, 9.17) is 0 Å². The molecule has 0 radical (unpaired) electrons. The van der Waals surface area contributed by atoms with Crippen LogP contribution >= 0.6 is 0 Å². The number of urea groups is 1. The van der Waals surface area contributed by atoms with Crippen LogP contribution in [0.3, 0.4) is 0 Å². The van der Waals surface area contributed by atoms with Gasteiger partial charge < -0.3 is 15.5 Å². The Bertz CT molecular complexity index is 555. The van der Waals surface area contributed by atoms with Gasteiger partial charge in [-0.2, -0.15) is 0 Å². The molecule has 0 aliphatic carbocycles. The molecule has 2 N–H and O–H groups in total. The maximum absolute atomic E-state index is 12.5. The van der Waals surface area contributed by atoms with E-state index in [1.54, 1.807) is 0 Å². The Morgan fingerprint density at radius 2 is 1.41 bits per heavy atom. The van der Waals surface area contributed by atoms with Crippen LogP contribution < -0.4 is 10.6 Å². The lowest BCUT2D eigenvalue weighted by molar-refractivity contribution is 0.188. The highest BCUT2D eigenvalue weighted by atomic mass is 16.2. The first-order chi connectivity index (χ1) is 10.8. The summed E-state index contributed by atoms with van der Waals surface area (Å²) in [4.78, 5) is 14.4. The van der Waals surface area contributed by atoms with Crippen LogP contribution in [0.1, 0.15) is 17.2 Å². The minimum atomic E-state index is -0.121. The SMILES string of the molecule is O=C(NC(c1ccccc1)c1ccccc1)N1CCNCC1. The van der Waals surface area contributed by atoms with Crippen LogP contribution in [0, 0.1) is 0 Å². The second-order valence-electron chi connectivity index (χ2n) is 5.44. The van der Waals surface area contributed by atoms with Crippen LogP contribution in [-0.2, 0) is 0 Å². The van der Waals surface area contributed by atoms with Crippen LogP contribution in [0.15, 0.2) is 60.7 Å². The second-order valence-corrected chi connectivity index (χ2v) is 5.44. The molecule has 3 rings (SSSR count). The van der Waals surface area contributed by atoms with Gasteiger partial charge in [-0.1, -0.05) is 60.7 Å². The number of hydrogen-bond donors (Lipinski definition) is 2. The normalized spacial score (nSPS) is 14.9. The zero-order valence-electron chi connectivity index (χ0n) is 12.5. The largest absolute Gasteiger partial charge is 0.327 e. The molecule has 4 nitrogen and oxygen atoms in total. The fourth-order valence-electron chi connectivity index (χ4n) is 2.73. The van der Waals surface area contributed by atoms with Gasteiger partial charge in [-0.05, 0) is 11.1 Å². The molecule has 114 valence electrons. The Morgan fingerprint density at radius 3 is 1.91 bits per heavy atom. The van der Waals surface area contributed by atoms with Crippen molar-refractivity contribution in [1.82, 2.24) is 15.5 Å². The van der Waals surface area contributed by atoms with Crippen LogP contribution in [0.2, 0.25) is 0 Å². The molecule has 4 heteroatoms. The minimum absolute atomic E-state index is 0.000735. The maximum Gasteiger partial charge on any atom is 0.318 e. The molecule has 0 bridgehead atoms. The number of nitrogens with one attached hydrogen (secondary N) is 2. The van der Waals surface area contributed by atoms with Crippen molar-refractivity contribution in [3.63, 3.8) is 0 Å². The lowest BCUT2D eigenvalue weighted by Crippen LogP contribution is -2.50. The second kappa shape index (κ2) is 7.09. The van der Waals surface area contributed by atoms with Gasteiger partial charge in [0, 0.05) is 26.2 Å². The molecule has 0 unspecified atom stereocenters. The van der Waals surface area contributed by atoms with Gasteiger partial charge >= 0.3 is 6.03 Å². The van der Waals surface area contributed by atoms with E-state index in [-0.39, 0.29) is 12.1 Å². The zero-order valence-corrected chi connectivity index (χ0v) is 12.5.